The minimum atomic E-state index is -1.29. The van der Waals surface area contributed by atoms with Gasteiger partial charge in [0.05, 0.1) is 5.02 Å². The second kappa shape index (κ2) is 5.88. The number of carbonyl (C=O) groups is 1. The fraction of sp³-hybridized carbons (Fsp3) is 0.0714. The third-order valence-corrected chi connectivity index (χ3v) is 2.85. The van der Waals surface area contributed by atoms with Crippen molar-refractivity contribution in [1.29, 1.82) is 0 Å². The maximum absolute atomic E-state index is 13.6. The number of hydrogen-bond acceptors (Lipinski definition) is 2. The summed E-state index contributed by atoms with van der Waals surface area (Å²) >= 11 is 5.61. The van der Waals surface area contributed by atoms with Gasteiger partial charge in [-0.05, 0) is 29.8 Å². The molecule has 2 aromatic rings. The van der Waals surface area contributed by atoms with Gasteiger partial charge in [0, 0.05) is 0 Å². The summed E-state index contributed by atoms with van der Waals surface area (Å²) < 4.78 is 31.7. The van der Waals surface area contributed by atoms with Crippen LogP contribution in [-0.2, 0) is 6.61 Å². The Kier molecular flexibility index (Phi) is 4.20. The van der Waals surface area contributed by atoms with E-state index in [-0.39, 0.29) is 22.9 Å². The lowest BCUT2D eigenvalue weighted by molar-refractivity contribution is 0.0690. The van der Waals surface area contributed by atoms with Crippen molar-refractivity contribution in [1.82, 2.24) is 0 Å². The van der Waals surface area contributed by atoms with E-state index in [0.717, 1.165) is 12.1 Å². The molecular weight excluding hydrogens is 290 g/mol. The summed E-state index contributed by atoms with van der Waals surface area (Å²) in [4.78, 5) is 11.0. The van der Waals surface area contributed by atoms with Crippen molar-refractivity contribution in [2.24, 2.45) is 0 Å². The second-order valence-corrected chi connectivity index (χ2v) is 4.37. The van der Waals surface area contributed by atoms with E-state index in [1.165, 1.54) is 24.3 Å². The van der Waals surface area contributed by atoms with Crippen LogP contribution in [0.5, 0.6) is 5.75 Å². The van der Waals surface area contributed by atoms with Crippen LogP contribution in [-0.4, -0.2) is 11.1 Å². The first kappa shape index (κ1) is 14.3. The zero-order valence-electron chi connectivity index (χ0n) is 10.1. The summed E-state index contributed by atoms with van der Waals surface area (Å²) in [5.74, 6) is -3.01. The highest BCUT2D eigenvalue weighted by molar-refractivity contribution is 6.30. The Bertz CT molecular complexity index is 659. The molecule has 2 aromatic carbocycles. The molecule has 0 aliphatic heterocycles. The first-order chi connectivity index (χ1) is 9.49. The number of aromatic carboxylic acids is 1. The molecule has 0 heterocycles. The van der Waals surface area contributed by atoms with Crippen LogP contribution in [0.3, 0.4) is 0 Å². The normalized spacial score (nSPS) is 10.3. The summed E-state index contributed by atoms with van der Waals surface area (Å²) in [6.45, 7) is -0.124. The van der Waals surface area contributed by atoms with Gasteiger partial charge in [-0.1, -0.05) is 23.7 Å². The van der Waals surface area contributed by atoms with Crippen LogP contribution in [0.25, 0.3) is 0 Å². The standard InChI is InChI=1S/C14H9ClF2O3/c15-10-6-8(4-5-11(10)16)7-20-13-9(14(18)19)2-1-3-12(13)17/h1-6H,7H2,(H,18,19). The number of carboxylic acid groups (broad SMARTS) is 1. The van der Waals surface area contributed by atoms with Gasteiger partial charge in [0.2, 0.25) is 0 Å². The average Bonchev–Trinajstić information content (AvgIpc) is 2.40. The van der Waals surface area contributed by atoms with Crippen molar-refractivity contribution in [2.45, 2.75) is 6.61 Å². The molecule has 0 spiro atoms. The second-order valence-electron chi connectivity index (χ2n) is 3.96. The molecule has 0 radical (unpaired) electrons. The van der Waals surface area contributed by atoms with Crippen LogP contribution < -0.4 is 4.74 Å². The maximum Gasteiger partial charge on any atom is 0.339 e. The third-order valence-electron chi connectivity index (χ3n) is 2.56. The fourth-order valence-electron chi connectivity index (χ4n) is 1.61. The van der Waals surface area contributed by atoms with Gasteiger partial charge >= 0.3 is 5.97 Å². The maximum atomic E-state index is 13.6. The van der Waals surface area contributed by atoms with Crippen LogP contribution in [0.15, 0.2) is 36.4 Å². The SMILES string of the molecule is O=C(O)c1cccc(F)c1OCc1ccc(F)c(Cl)c1. The molecule has 0 unspecified atom stereocenters. The molecule has 0 aliphatic carbocycles. The minimum Gasteiger partial charge on any atom is -0.485 e. The van der Waals surface area contributed by atoms with Gasteiger partial charge in [0.1, 0.15) is 18.0 Å². The molecule has 0 atom stereocenters. The van der Waals surface area contributed by atoms with Crippen molar-refractivity contribution in [3.63, 3.8) is 0 Å². The van der Waals surface area contributed by atoms with Gasteiger partial charge in [0.25, 0.3) is 0 Å². The number of benzene rings is 2. The van der Waals surface area contributed by atoms with Crippen LogP contribution >= 0.6 is 11.6 Å². The summed E-state index contributed by atoms with van der Waals surface area (Å²) in [6, 6.07) is 7.51. The summed E-state index contributed by atoms with van der Waals surface area (Å²) in [5.41, 5.74) is 0.217. The summed E-state index contributed by atoms with van der Waals surface area (Å²) in [5, 5.41) is 8.87. The van der Waals surface area contributed by atoms with E-state index in [1.54, 1.807) is 0 Å². The highest BCUT2D eigenvalue weighted by Gasteiger charge is 2.15. The predicted molar refractivity (Wildman–Crippen MR) is 69.1 cm³/mol. The molecule has 1 N–H and O–H groups in total. The van der Waals surface area contributed by atoms with Gasteiger partial charge < -0.3 is 9.84 Å². The van der Waals surface area contributed by atoms with Crippen LogP contribution in [0, 0.1) is 11.6 Å². The van der Waals surface area contributed by atoms with Crippen LogP contribution in [0.4, 0.5) is 8.78 Å². The molecule has 0 saturated carbocycles. The zero-order chi connectivity index (χ0) is 14.7. The van der Waals surface area contributed by atoms with Crippen LogP contribution in [0.1, 0.15) is 15.9 Å². The van der Waals surface area contributed by atoms with E-state index in [0.29, 0.717) is 5.56 Å². The van der Waals surface area contributed by atoms with E-state index in [4.69, 9.17) is 21.4 Å². The van der Waals surface area contributed by atoms with E-state index < -0.39 is 17.6 Å². The van der Waals surface area contributed by atoms with Gasteiger partial charge in [-0.3, -0.25) is 0 Å². The van der Waals surface area contributed by atoms with E-state index in [1.807, 2.05) is 0 Å². The van der Waals surface area contributed by atoms with E-state index >= 15 is 0 Å². The van der Waals surface area contributed by atoms with Gasteiger partial charge in [-0.15, -0.1) is 0 Å². The Hall–Kier alpha value is -2.14. The van der Waals surface area contributed by atoms with Crippen molar-refractivity contribution >= 4 is 17.6 Å². The quantitative estimate of drug-likeness (QED) is 0.931. The molecule has 0 bridgehead atoms. The fourth-order valence-corrected chi connectivity index (χ4v) is 1.81. The van der Waals surface area contributed by atoms with E-state index in [2.05, 4.69) is 0 Å². The lowest BCUT2D eigenvalue weighted by Crippen LogP contribution is -2.05. The number of hydrogen-bond donors (Lipinski definition) is 1. The zero-order valence-corrected chi connectivity index (χ0v) is 10.8. The Morgan fingerprint density at radius 3 is 2.60 bits per heavy atom. The average molecular weight is 299 g/mol. The summed E-state index contributed by atoms with van der Waals surface area (Å²) in [6.07, 6.45) is 0. The third kappa shape index (κ3) is 3.05. The number of halogens is 3. The van der Waals surface area contributed by atoms with Crippen molar-refractivity contribution < 1.29 is 23.4 Å². The van der Waals surface area contributed by atoms with Crippen molar-refractivity contribution in [3.8, 4) is 5.75 Å². The lowest BCUT2D eigenvalue weighted by Gasteiger charge is -2.10. The lowest BCUT2D eigenvalue weighted by atomic mass is 10.2. The molecule has 104 valence electrons. The Labute approximate surface area is 118 Å². The van der Waals surface area contributed by atoms with Crippen molar-refractivity contribution in [2.75, 3.05) is 0 Å². The first-order valence-electron chi connectivity index (χ1n) is 5.57. The molecule has 0 saturated heterocycles. The molecule has 0 fully saturated rings. The summed E-state index contributed by atoms with van der Waals surface area (Å²) in [7, 11) is 0. The monoisotopic (exact) mass is 298 g/mol. The van der Waals surface area contributed by atoms with Crippen molar-refractivity contribution in [3.05, 3.63) is 64.2 Å². The molecule has 0 aliphatic rings. The molecule has 0 aromatic heterocycles. The van der Waals surface area contributed by atoms with Gasteiger partial charge in [0.15, 0.2) is 11.6 Å². The smallest absolute Gasteiger partial charge is 0.339 e. The Morgan fingerprint density at radius 2 is 1.95 bits per heavy atom. The van der Waals surface area contributed by atoms with Crippen LogP contribution in [0.2, 0.25) is 5.02 Å². The molecule has 20 heavy (non-hydrogen) atoms. The number of carboxylic acids is 1. The molecular formula is C14H9ClF2O3. The molecule has 3 nitrogen and oxygen atoms in total. The first-order valence-corrected chi connectivity index (χ1v) is 5.95. The Morgan fingerprint density at radius 1 is 1.20 bits per heavy atom. The van der Waals surface area contributed by atoms with Gasteiger partial charge in [-0.2, -0.15) is 0 Å². The largest absolute Gasteiger partial charge is 0.485 e. The molecule has 2 rings (SSSR count). The van der Waals surface area contributed by atoms with Gasteiger partial charge in [-0.25, -0.2) is 13.6 Å². The number of para-hydroxylation sites is 1. The number of rotatable bonds is 4. The predicted octanol–water partition coefficient (Wildman–Crippen LogP) is 3.90. The Balaban J connectivity index is 2.22. The highest BCUT2D eigenvalue weighted by atomic mass is 35.5. The molecule has 6 heteroatoms. The van der Waals surface area contributed by atoms with E-state index in [9.17, 15) is 13.6 Å². The highest BCUT2D eigenvalue weighted by Crippen LogP contribution is 2.24. The minimum absolute atomic E-state index is 0.0851. The number of ether oxygens (including phenoxy) is 1. The topological polar surface area (TPSA) is 46.5 Å². The molecule has 0 amide bonds.